The number of carboxylic acid groups (broad SMARTS) is 1. The zero-order valence-electron chi connectivity index (χ0n) is 31.0. The van der Waals surface area contributed by atoms with E-state index in [0.29, 0.717) is 57.4 Å². The fourth-order valence-electron chi connectivity index (χ4n) is 5.63. The van der Waals surface area contributed by atoms with Gasteiger partial charge in [0.15, 0.2) is 0 Å². The van der Waals surface area contributed by atoms with Crippen LogP contribution in [-0.4, -0.2) is 99.9 Å². The summed E-state index contributed by atoms with van der Waals surface area (Å²) in [5.74, 6) is -1.31. The zero-order valence-corrected chi connectivity index (χ0v) is 31.0. The number of hydrogen-bond acceptors (Lipinski definition) is 10. The predicted octanol–water partition coefficient (Wildman–Crippen LogP) is 5.60. The van der Waals surface area contributed by atoms with E-state index < -0.39 is 24.0 Å². The molecule has 15 nitrogen and oxygen atoms in total. The Labute approximate surface area is 320 Å². The van der Waals surface area contributed by atoms with Gasteiger partial charge in [-0.25, -0.2) is 4.98 Å². The minimum atomic E-state index is -1.09. The van der Waals surface area contributed by atoms with Gasteiger partial charge in [-0.15, -0.1) is 0 Å². The monoisotopic (exact) mass is 755 g/mol. The highest BCUT2D eigenvalue weighted by atomic mass is 16.6. The number of fused-ring (bicyclic) bond motifs is 1. The Morgan fingerprint density at radius 1 is 0.855 bits per heavy atom. The molecule has 0 radical (unpaired) electrons. The van der Waals surface area contributed by atoms with Crippen molar-refractivity contribution in [2.75, 3.05) is 71.3 Å². The molecule has 55 heavy (non-hydrogen) atoms. The lowest BCUT2D eigenvalue weighted by Crippen LogP contribution is -2.50. The van der Waals surface area contributed by atoms with Crippen molar-refractivity contribution < 1.29 is 38.4 Å². The van der Waals surface area contributed by atoms with Gasteiger partial charge < -0.3 is 40.0 Å². The van der Waals surface area contributed by atoms with Crippen LogP contribution in [0.3, 0.4) is 0 Å². The quantitative estimate of drug-likeness (QED) is 0.0270. The molecule has 1 aromatic heterocycles. The molecule has 0 bridgehead atoms. The van der Waals surface area contributed by atoms with Crippen LogP contribution in [-0.2, 0) is 33.3 Å². The fraction of sp³-hybridized carbons (Fsp3) is 0.400. The number of ether oxygens (including phenoxy) is 4. The van der Waals surface area contributed by atoms with Gasteiger partial charge in [0.05, 0.1) is 65.3 Å². The van der Waals surface area contributed by atoms with E-state index >= 15 is 0 Å². The van der Waals surface area contributed by atoms with Crippen LogP contribution in [0.1, 0.15) is 36.4 Å². The molecule has 2 amide bonds. The van der Waals surface area contributed by atoms with Crippen molar-refractivity contribution in [2.24, 2.45) is 5.11 Å². The topological polar surface area (TPSA) is 206 Å². The van der Waals surface area contributed by atoms with E-state index in [1.807, 2.05) is 79.7 Å². The number of nitrogens with zero attached hydrogens (tertiary/aromatic N) is 4. The number of amides is 2. The maximum atomic E-state index is 13.7. The zero-order chi connectivity index (χ0) is 39.1. The molecule has 0 spiro atoms. The highest BCUT2D eigenvalue weighted by molar-refractivity contribution is 5.96. The molecular formula is C40H49N7O8. The summed E-state index contributed by atoms with van der Waals surface area (Å²) >= 11 is 0. The van der Waals surface area contributed by atoms with Gasteiger partial charge in [0, 0.05) is 30.6 Å². The van der Waals surface area contributed by atoms with Gasteiger partial charge in [0.2, 0.25) is 11.8 Å². The van der Waals surface area contributed by atoms with E-state index in [4.69, 9.17) is 24.5 Å². The number of pyridine rings is 1. The van der Waals surface area contributed by atoms with E-state index in [9.17, 15) is 19.5 Å². The Morgan fingerprint density at radius 3 is 2.25 bits per heavy atom. The number of carbonyl (C=O) groups excluding carboxylic acids is 2. The number of azide groups is 1. The summed E-state index contributed by atoms with van der Waals surface area (Å²) in [7, 11) is 0. The second-order valence-corrected chi connectivity index (χ2v) is 12.5. The van der Waals surface area contributed by atoms with E-state index in [2.05, 4.69) is 37.0 Å². The van der Waals surface area contributed by atoms with Gasteiger partial charge in [-0.2, -0.15) is 0 Å². The molecule has 0 saturated heterocycles. The number of carbonyl (C=O) groups is 3. The maximum absolute atomic E-state index is 13.7. The second kappa shape index (κ2) is 24.0. The first-order valence-corrected chi connectivity index (χ1v) is 18.2. The number of benzene rings is 3. The van der Waals surface area contributed by atoms with E-state index in [1.54, 1.807) is 6.20 Å². The third kappa shape index (κ3) is 15.4. The number of nitrogens with one attached hydrogen (secondary N) is 3. The lowest BCUT2D eigenvalue weighted by atomic mass is 9.95. The molecule has 4 aromatic rings. The van der Waals surface area contributed by atoms with Crippen LogP contribution in [0, 0.1) is 6.92 Å². The van der Waals surface area contributed by atoms with Crippen LogP contribution in [0.4, 0.5) is 5.82 Å². The van der Waals surface area contributed by atoms with Crippen LogP contribution < -0.4 is 16.0 Å². The Kier molecular flexibility index (Phi) is 18.4. The summed E-state index contributed by atoms with van der Waals surface area (Å²) in [5, 5.41) is 24.1. The molecule has 3 aromatic carbocycles. The number of rotatable bonds is 26. The van der Waals surface area contributed by atoms with Gasteiger partial charge >= 0.3 is 5.97 Å². The molecule has 0 aliphatic carbocycles. The molecule has 0 unspecified atom stereocenters. The Morgan fingerprint density at radius 2 is 1.55 bits per heavy atom. The van der Waals surface area contributed by atoms with E-state index in [-0.39, 0.29) is 45.1 Å². The summed E-state index contributed by atoms with van der Waals surface area (Å²) < 4.78 is 22.0. The Bertz CT molecular complexity index is 1850. The Hall–Kier alpha value is -5.57. The molecule has 0 aliphatic rings. The molecule has 0 aliphatic heterocycles. The van der Waals surface area contributed by atoms with Gasteiger partial charge in [-0.05, 0) is 64.0 Å². The number of anilines is 1. The summed E-state index contributed by atoms with van der Waals surface area (Å²) in [5.41, 5.74) is 11.9. The fourth-order valence-corrected chi connectivity index (χ4v) is 5.63. The number of carboxylic acids is 1. The largest absolute Gasteiger partial charge is 0.481 e. The van der Waals surface area contributed by atoms with Crippen molar-refractivity contribution in [3.8, 4) is 11.1 Å². The molecule has 292 valence electrons. The molecule has 0 saturated carbocycles. The smallest absolute Gasteiger partial charge is 0.305 e. The molecule has 15 heteroatoms. The lowest BCUT2D eigenvalue weighted by molar-refractivity contribution is -0.138. The summed E-state index contributed by atoms with van der Waals surface area (Å²) in [4.78, 5) is 45.6. The van der Waals surface area contributed by atoms with Gasteiger partial charge in [0.1, 0.15) is 11.9 Å². The Balaban J connectivity index is 1.32. The van der Waals surface area contributed by atoms with Crippen molar-refractivity contribution >= 4 is 34.4 Å². The minimum Gasteiger partial charge on any atom is -0.481 e. The number of aliphatic carboxylic acids is 1. The van der Waals surface area contributed by atoms with Gasteiger partial charge in [0.25, 0.3) is 0 Å². The normalized spacial score (nSPS) is 12.0. The average Bonchev–Trinajstić information content (AvgIpc) is 3.18. The third-order valence-corrected chi connectivity index (χ3v) is 8.36. The number of aryl methyl sites for hydroxylation is 1. The van der Waals surface area contributed by atoms with E-state index in [1.165, 1.54) is 0 Å². The van der Waals surface area contributed by atoms with Crippen molar-refractivity contribution in [3.63, 3.8) is 0 Å². The minimum absolute atomic E-state index is 0.138. The SMILES string of the molecule is Cc1ccnc(NCCCC(=O)N[C@@H](COCCOCCOCCOCCN=[N+]=[N-])C(=O)N[C@@H](CC(=O)O)c2ccc(-c3cccc4ccccc34)cc2)c1. The van der Waals surface area contributed by atoms with E-state index in [0.717, 1.165) is 27.5 Å². The number of hydrogen-bond donors (Lipinski definition) is 4. The predicted molar refractivity (Wildman–Crippen MR) is 208 cm³/mol. The first kappa shape index (κ1) is 42.2. The summed E-state index contributed by atoms with van der Waals surface area (Å²) in [6, 6.07) is 23.4. The number of aromatic nitrogens is 1. The lowest BCUT2D eigenvalue weighted by Gasteiger charge is -2.23. The standard InChI is InChI=1S/C40H49N7O8/c1-29-15-17-43-37(26-29)42-16-5-10-38(48)45-36(28-55-25-24-54-23-22-53-21-20-52-19-18-44-47-41)40(51)46-35(27-39(49)50)32-13-11-31(12-14-32)34-9-4-7-30-6-2-3-8-33(30)34/h2-4,6-9,11-15,17,26,35-36H,5,10,16,18-25,27-28H2,1H3,(H,42,43)(H,45,48)(H,46,51)(H,49,50)/t35-,36-/m0/s1. The third-order valence-electron chi connectivity index (χ3n) is 8.36. The first-order valence-electron chi connectivity index (χ1n) is 18.2. The van der Waals surface area contributed by atoms with Crippen molar-refractivity contribution in [2.45, 2.75) is 38.3 Å². The van der Waals surface area contributed by atoms with Crippen LogP contribution >= 0.6 is 0 Å². The molecule has 4 N–H and O–H groups in total. The van der Waals surface area contributed by atoms with Crippen molar-refractivity contribution in [1.29, 1.82) is 0 Å². The highest BCUT2D eigenvalue weighted by Gasteiger charge is 2.26. The van der Waals surface area contributed by atoms with Crippen LogP contribution in [0.5, 0.6) is 0 Å². The molecule has 0 fully saturated rings. The molecule has 1 heterocycles. The second-order valence-electron chi connectivity index (χ2n) is 12.5. The molecular weight excluding hydrogens is 706 g/mol. The molecule has 4 rings (SSSR count). The molecule has 2 atom stereocenters. The maximum Gasteiger partial charge on any atom is 0.305 e. The van der Waals surface area contributed by atoms with Gasteiger partial charge in [-0.3, -0.25) is 14.4 Å². The highest BCUT2D eigenvalue weighted by Crippen LogP contribution is 2.30. The van der Waals surface area contributed by atoms with Crippen LogP contribution in [0.25, 0.3) is 32.3 Å². The first-order chi connectivity index (χ1) is 26.8. The van der Waals surface area contributed by atoms with Crippen LogP contribution in [0.15, 0.2) is 90.2 Å². The van der Waals surface area contributed by atoms with Crippen molar-refractivity contribution in [1.82, 2.24) is 15.6 Å². The van der Waals surface area contributed by atoms with Gasteiger partial charge in [-0.1, -0.05) is 71.8 Å². The average molecular weight is 756 g/mol. The summed E-state index contributed by atoms with van der Waals surface area (Å²) in [6.07, 6.45) is 1.97. The summed E-state index contributed by atoms with van der Waals surface area (Å²) in [6.45, 7) is 4.63. The van der Waals surface area contributed by atoms with Crippen LogP contribution in [0.2, 0.25) is 0 Å². The van der Waals surface area contributed by atoms with Crippen molar-refractivity contribution in [3.05, 3.63) is 107 Å².